The van der Waals surface area contributed by atoms with Crippen LogP contribution < -0.4 is 0 Å². The van der Waals surface area contributed by atoms with E-state index in [4.69, 9.17) is 5.26 Å². The Balaban J connectivity index is 1.70. The minimum Gasteiger partial charge on any atom is -0.388 e. The highest BCUT2D eigenvalue weighted by Gasteiger charge is 2.56. The van der Waals surface area contributed by atoms with E-state index in [2.05, 4.69) is 32.1 Å². The van der Waals surface area contributed by atoms with E-state index in [0.29, 0.717) is 30.5 Å². The zero-order valence-electron chi connectivity index (χ0n) is 14.8. The van der Waals surface area contributed by atoms with Crippen LogP contribution in [0.5, 0.6) is 0 Å². The summed E-state index contributed by atoms with van der Waals surface area (Å²) in [5.41, 5.74) is 2.22. The minimum atomic E-state index is -0.849. The molecule has 0 radical (unpaired) electrons. The Morgan fingerprint density at radius 3 is 2.75 bits per heavy atom. The second-order valence-corrected chi connectivity index (χ2v) is 9.23. The van der Waals surface area contributed by atoms with Gasteiger partial charge in [0.25, 0.3) is 0 Å². The highest BCUT2D eigenvalue weighted by molar-refractivity contribution is 5.83. The summed E-state index contributed by atoms with van der Waals surface area (Å²) in [6.07, 6.45) is 10.7. The maximum absolute atomic E-state index is 12.1. The van der Waals surface area contributed by atoms with Crippen molar-refractivity contribution in [3.63, 3.8) is 0 Å². The van der Waals surface area contributed by atoms with Crippen LogP contribution in [0.4, 0.5) is 0 Å². The van der Waals surface area contributed by atoms with Crippen LogP contribution in [0.25, 0.3) is 0 Å². The number of Topliss-reactive ketones (excluding diaryl/α,β-unsaturated/α-hetero) is 1. The molecule has 0 aromatic carbocycles. The molecule has 0 heterocycles. The van der Waals surface area contributed by atoms with Gasteiger partial charge in [-0.1, -0.05) is 37.1 Å². The van der Waals surface area contributed by atoms with Crippen LogP contribution in [0.3, 0.4) is 0 Å². The Morgan fingerprint density at radius 2 is 2.00 bits per heavy atom. The van der Waals surface area contributed by atoms with E-state index in [9.17, 15) is 9.90 Å². The van der Waals surface area contributed by atoms with Gasteiger partial charge in [-0.2, -0.15) is 5.26 Å². The highest BCUT2D eigenvalue weighted by Crippen LogP contribution is 2.63. The maximum Gasteiger partial charge on any atom is 0.134 e. The number of fused-ring (bicyclic) bond motifs is 5. The number of aliphatic hydroxyl groups is 1. The summed E-state index contributed by atoms with van der Waals surface area (Å²) in [4.78, 5) is 12.1. The van der Waals surface area contributed by atoms with Crippen molar-refractivity contribution in [2.45, 2.75) is 70.8 Å². The van der Waals surface area contributed by atoms with Crippen LogP contribution in [0.15, 0.2) is 23.3 Å². The highest BCUT2D eigenvalue weighted by atomic mass is 16.3. The van der Waals surface area contributed by atoms with Crippen molar-refractivity contribution in [2.24, 2.45) is 22.7 Å². The van der Waals surface area contributed by atoms with Crippen molar-refractivity contribution in [1.82, 2.24) is 0 Å². The van der Waals surface area contributed by atoms with Gasteiger partial charge in [-0.3, -0.25) is 4.79 Å². The topological polar surface area (TPSA) is 61.1 Å². The number of ketones is 1. The number of nitrogens with zero attached hydrogens (tertiary/aromatic N) is 1. The molecule has 0 unspecified atom stereocenters. The Bertz CT molecular complexity index is 699. The van der Waals surface area contributed by atoms with Gasteiger partial charge in [-0.25, -0.2) is 0 Å². The van der Waals surface area contributed by atoms with Crippen LogP contribution in [0, 0.1) is 34.0 Å². The van der Waals surface area contributed by atoms with Gasteiger partial charge in [0.05, 0.1) is 18.1 Å². The van der Waals surface area contributed by atoms with Crippen LogP contribution in [-0.2, 0) is 4.79 Å². The standard InChI is InChI=1S/C21H27NO2/c1-19-6-5-17-16(18(19)11-15(23)13-19)4-3-14-12-21(24,9-10-22)8-7-20(14,17)2/h3-4,17-18,24H,5-9,11-13H2,1-2H3/t17-,18-,19+,20-,21-/m0/s1. The number of hydrogen-bond donors (Lipinski definition) is 1. The molecule has 24 heavy (non-hydrogen) atoms. The lowest BCUT2D eigenvalue weighted by molar-refractivity contribution is -0.118. The number of rotatable bonds is 1. The summed E-state index contributed by atoms with van der Waals surface area (Å²) in [7, 11) is 0. The number of carbonyl (C=O) groups is 1. The van der Waals surface area contributed by atoms with Crippen molar-refractivity contribution in [3.8, 4) is 6.07 Å². The van der Waals surface area contributed by atoms with E-state index in [1.807, 2.05) is 0 Å². The van der Waals surface area contributed by atoms with E-state index in [0.717, 1.165) is 32.1 Å². The maximum atomic E-state index is 12.1. The van der Waals surface area contributed by atoms with Crippen LogP contribution in [0.2, 0.25) is 0 Å². The second kappa shape index (κ2) is 5.05. The number of allylic oxidation sites excluding steroid dienone is 3. The summed E-state index contributed by atoms with van der Waals surface area (Å²) in [6, 6.07) is 2.15. The summed E-state index contributed by atoms with van der Waals surface area (Å²) >= 11 is 0. The predicted octanol–water partition coefficient (Wildman–Crippen LogP) is 4.08. The average Bonchev–Trinajstić information content (AvgIpc) is 2.82. The third-order valence-electron chi connectivity index (χ3n) is 7.70. The lowest BCUT2D eigenvalue weighted by Gasteiger charge is -2.55. The fourth-order valence-corrected chi connectivity index (χ4v) is 6.14. The molecule has 0 spiro atoms. The predicted molar refractivity (Wildman–Crippen MR) is 91.9 cm³/mol. The largest absolute Gasteiger partial charge is 0.388 e. The Kier molecular flexibility index (Phi) is 3.39. The molecule has 0 aromatic rings. The molecular weight excluding hydrogens is 298 g/mol. The van der Waals surface area contributed by atoms with Gasteiger partial charge in [-0.15, -0.1) is 0 Å². The average molecular weight is 325 g/mol. The zero-order valence-corrected chi connectivity index (χ0v) is 14.8. The van der Waals surface area contributed by atoms with Gasteiger partial charge in [0.15, 0.2) is 0 Å². The summed E-state index contributed by atoms with van der Waals surface area (Å²) in [5.74, 6) is 1.35. The lowest BCUT2D eigenvalue weighted by atomic mass is 9.50. The molecule has 3 heteroatoms. The molecule has 0 aliphatic heterocycles. The van der Waals surface area contributed by atoms with Gasteiger partial charge in [0.2, 0.25) is 0 Å². The van der Waals surface area contributed by atoms with Crippen molar-refractivity contribution >= 4 is 5.78 Å². The number of nitriles is 1. The number of carbonyl (C=O) groups excluding carboxylic acids is 1. The molecule has 3 fully saturated rings. The molecule has 4 rings (SSSR count). The normalized spacial score (nSPS) is 47.0. The Hall–Kier alpha value is -1.40. The van der Waals surface area contributed by atoms with E-state index in [1.54, 1.807) is 0 Å². The third kappa shape index (κ3) is 2.15. The van der Waals surface area contributed by atoms with Crippen molar-refractivity contribution in [2.75, 3.05) is 0 Å². The fraction of sp³-hybridized carbons (Fsp3) is 0.714. The molecule has 0 amide bonds. The van der Waals surface area contributed by atoms with E-state index < -0.39 is 5.60 Å². The third-order valence-corrected chi connectivity index (χ3v) is 7.70. The molecule has 0 aromatic heterocycles. The van der Waals surface area contributed by atoms with Crippen molar-refractivity contribution < 1.29 is 9.90 Å². The summed E-state index contributed by atoms with van der Waals surface area (Å²) < 4.78 is 0. The van der Waals surface area contributed by atoms with Gasteiger partial charge in [-0.05, 0) is 54.8 Å². The first kappa shape index (κ1) is 16.1. The molecule has 1 N–H and O–H groups in total. The molecular formula is C21H27NO2. The molecule has 0 saturated heterocycles. The van der Waals surface area contributed by atoms with Crippen molar-refractivity contribution in [3.05, 3.63) is 23.3 Å². The SMILES string of the molecule is C[C@]12CC[C@H]3C(=CC=C4C[C@@](O)(CC#N)CC[C@@]43C)[C@@H]1CC(=O)C2. The Labute approximate surface area is 144 Å². The first-order valence-electron chi connectivity index (χ1n) is 9.32. The number of hydrogen-bond acceptors (Lipinski definition) is 3. The summed E-state index contributed by atoms with van der Waals surface area (Å²) in [5, 5.41) is 19.7. The molecule has 3 nitrogen and oxygen atoms in total. The molecule has 5 atom stereocenters. The second-order valence-electron chi connectivity index (χ2n) is 9.23. The van der Waals surface area contributed by atoms with E-state index >= 15 is 0 Å². The van der Waals surface area contributed by atoms with Gasteiger partial charge >= 0.3 is 0 Å². The first-order chi connectivity index (χ1) is 11.3. The van der Waals surface area contributed by atoms with Crippen LogP contribution >= 0.6 is 0 Å². The van der Waals surface area contributed by atoms with Gasteiger partial charge in [0, 0.05) is 12.8 Å². The summed E-state index contributed by atoms with van der Waals surface area (Å²) in [6.45, 7) is 4.65. The quantitative estimate of drug-likeness (QED) is 0.790. The van der Waals surface area contributed by atoms with Gasteiger partial charge < -0.3 is 5.11 Å². The van der Waals surface area contributed by atoms with E-state index in [-0.39, 0.29) is 17.3 Å². The zero-order chi connectivity index (χ0) is 17.2. The minimum absolute atomic E-state index is 0.0960. The molecule has 4 aliphatic carbocycles. The fourth-order valence-electron chi connectivity index (χ4n) is 6.14. The van der Waals surface area contributed by atoms with Crippen LogP contribution in [-0.4, -0.2) is 16.5 Å². The monoisotopic (exact) mass is 325 g/mol. The van der Waals surface area contributed by atoms with E-state index in [1.165, 1.54) is 11.1 Å². The molecule has 3 saturated carbocycles. The molecule has 128 valence electrons. The van der Waals surface area contributed by atoms with Crippen LogP contribution in [0.1, 0.15) is 65.2 Å². The van der Waals surface area contributed by atoms with Gasteiger partial charge in [0.1, 0.15) is 5.78 Å². The molecule has 0 bridgehead atoms. The first-order valence-corrected chi connectivity index (χ1v) is 9.32. The smallest absolute Gasteiger partial charge is 0.134 e. The van der Waals surface area contributed by atoms with Crippen molar-refractivity contribution in [1.29, 1.82) is 5.26 Å². The molecule has 4 aliphatic rings. The lowest BCUT2D eigenvalue weighted by Crippen LogP contribution is -2.47. The Morgan fingerprint density at radius 1 is 1.21 bits per heavy atom.